The van der Waals surface area contributed by atoms with Crippen molar-refractivity contribution in [1.82, 2.24) is 9.97 Å². The van der Waals surface area contributed by atoms with Crippen LogP contribution in [0.25, 0.3) is 0 Å². The van der Waals surface area contributed by atoms with E-state index >= 15 is 0 Å². The van der Waals surface area contributed by atoms with Crippen LogP contribution in [0.4, 0.5) is 5.82 Å². The molecule has 0 saturated carbocycles. The number of nitrogens with zero attached hydrogens (tertiary/aromatic N) is 2. The Labute approximate surface area is 112 Å². The summed E-state index contributed by atoms with van der Waals surface area (Å²) in [4.78, 5) is 8.93. The molecule has 1 aromatic heterocycles. The number of nitrogens with one attached hydrogen (secondary N) is 1. The van der Waals surface area contributed by atoms with Crippen LogP contribution in [0.15, 0.2) is 11.1 Å². The lowest BCUT2D eigenvalue weighted by atomic mass is 10.4. The Morgan fingerprint density at radius 2 is 2.28 bits per heavy atom. The van der Waals surface area contributed by atoms with Gasteiger partial charge in [-0.05, 0) is 13.8 Å². The van der Waals surface area contributed by atoms with Gasteiger partial charge in [0.2, 0.25) is 0 Å². The first-order chi connectivity index (χ1) is 8.81. The number of hydrogen-bond acceptors (Lipinski definition) is 6. The molecule has 1 fully saturated rings. The quantitative estimate of drug-likeness (QED) is 0.763. The number of anilines is 1. The summed E-state index contributed by atoms with van der Waals surface area (Å²) in [6, 6.07) is 1.99. The average Bonchev–Trinajstić information content (AvgIpc) is 2.32. The summed E-state index contributed by atoms with van der Waals surface area (Å²) in [7, 11) is 0. The zero-order valence-corrected chi connectivity index (χ0v) is 11.6. The number of aromatic nitrogens is 2. The first-order valence-corrected chi connectivity index (χ1v) is 7.13. The van der Waals surface area contributed by atoms with E-state index in [0.717, 1.165) is 36.4 Å². The van der Waals surface area contributed by atoms with E-state index in [-0.39, 0.29) is 0 Å². The Bertz CT molecular complexity index is 386. The van der Waals surface area contributed by atoms with Crippen LogP contribution >= 0.6 is 11.8 Å². The second kappa shape index (κ2) is 6.92. The third kappa shape index (κ3) is 3.83. The first kappa shape index (κ1) is 13.6. The first-order valence-electron chi connectivity index (χ1n) is 6.25. The molecule has 0 atom stereocenters. The minimum atomic E-state index is 0.463. The molecule has 0 unspecified atom stereocenters. The topological polar surface area (TPSA) is 56.3 Å². The SMILES string of the molecule is CCNc1cc(SC2COC2)nc(COCC)n1. The lowest BCUT2D eigenvalue weighted by molar-refractivity contribution is 0.0454. The fourth-order valence-electron chi connectivity index (χ4n) is 1.52. The molecule has 2 heterocycles. The van der Waals surface area contributed by atoms with Crippen LogP contribution in [0.2, 0.25) is 0 Å². The summed E-state index contributed by atoms with van der Waals surface area (Å²) < 4.78 is 10.5. The van der Waals surface area contributed by atoms with Crippen molar-refractivity contribution in [3.63, 3.8) is 0 Å². The van der Waals surface area contributed by atoms with Crippen molar-refractivity contribution in [2.45, 2.75) is 30.7 Å². The molecule has 0 aromatic carbocycles. The highest BCUT2D eigenvalue weighted by Crippen LogP contribution is 2.27. The summed E-state index contributed by atoms with van der Waals surface area (Å²) in [6.45, 7) is 7.63. The van der Waals surface area contributed by atoms with Crippen molar-refractivity contribution in [3.8, 4) is 0 Å². The van der Waals surface area contributed by atoms with Gasteiger partial charge < -0.3 is 14.8 Å². The minimum Gasteiger partial charge on any atom is -0.379 e. The Morgan fingerprint density at radius 3 is 2.89 bits per heavy atom. The maximum absolute atomic E-state index is 5.37. The third-order valence-electron chi connectivity index (χ3n) is 2.44. The maximum atomic E-state index is 5.37. The molecule has 0 radical (unpaired) electrons. The largest absolute Gasteiger partial charge is 0.379 e. The maximum Gasteiger partial charge on any atom is 0.157 e. The molecule has 100 valence electrons. The molecule has 0 spiro atoms. The molecule has 0 amide bonds. The van der Waals surface area contributed by atoms with Gasteiger partial charge in [0.15, 0.2) is 5.82 Å². The molecular formula is C12H19N3O2S. The van der Waals surface area contributed by atoms with E-state index in [2.05, 4.69) is 22.2 Å². The van der Waals surface area contributed by atoms with Crippen LogP contribution in [0.5, 0.6) is 0 Å². The van der Waals surface area contributed by atoms with E-state index in [0.29, 0.717) is 18.5 Å². The highest BCUT2D eigenvalue weighted by atomic mass is 32.2. The minimum absolute atomic E-state index is 0.463. The van der Waals surface area contributed by atoms with Gasteiger partial charge in [-0.15, -0.1) is 0 Å². The van der Waals surface area contributed by atoms with Crippen LogP contribution in [-0.2, 0) is 16.1 Å². The Balaban J connectivity index is 2.07. The standard InChI is InChI=1S/C12H19N3O2S/c1-3-13-10-5-12(18-9-6-17-7-9)15-11(14-10)8-16-4-2/h5,9H,3-4,6-8H2,1-2H3,(H,13,14,15). The predicted octanol–water partition coefficient (Wildman–Crippen LogP) is 1.94. The fourth-order valence-corrected chi connectivity index (χ4v) is 2.52. The molecule has 1 aromatic rings. The summed E-state index contributed by atoms with van der Waals surface area (Å²) in [5.74, 6) is 1.60. The van der Waals surface area contributed by atoms with Gasteiger partial charge in [-0.2, -0.15) is 0 Å². The van der Waals surface area contributed by atoms with Crippen LogP contribution in [-0.4, -0.2) is 41.6 Å². The average molecular weight is 269 g/mol. The monoisotopic (exact) mass is 269 g/mol. The number of rotatable bonds is 7. The van der Waals surface area contributed by atoms with E-state index in [9.17, 15) is 0 Å². The molecule has 18 heavy (non-hydrogen) atoms. The molecule has 5 nitrogen and oxygen atoms in total. The number of thioether (sulfide) groups is 1. The molecule has 0 bridgehead atoms. The Hall–Kier alpha value is -0.850. The summed E-state index contributed by atoms with van der Waals surface area (Å²) >= 11 is 1.75. The molecular weight excluding hydrogens is 250 g/mol. The van der Waals surface area contributed by atoms with Crippen LogP contribution in [0.3, 0.4) is 0 Å². The molecule has 1 aliphatic heterocycles. The Morgan fingerprint density at radius 1 is 1.44 bits per heavy atom. The molecule has 0 aliphatic carbocycles. The number of hydrogen-bond donors (Lipinski definition) is 1. The van der Waals surface area contributed by atoms with Gasteiger partial charge in [-0.1, -0.05) is 11.8 Å². The zero-order chi connectivity index (χ0) is 12.8. The lowest BCUT2D eigenvalue weighted by Gasteiger charge is -2.24. The summed E-state index contributed by atoms with van der Waals surface area (Å²) in [5.41, 5.74) is 0. The molecule has 1 aliphatic rings. The van der Waals surface area contributed by atoms with E-state index in [1.54, 1.807) is 11.8 Å². The van der Waals surface area contributed by atoms with Gasteiger partial charge in [-0.25, -0.2) is 9.97 Å². The lowest BCUT2D eigenvalue weighted by Crippen LogP contribution is -2.30. The van der Waals surface area contributed by atoms with Crippen molar-refractivity contribution in [2.75, 3.05) is 31.7 Å². The van der Waals surface area contributed by atoms with Crippen molar-refractivity contribution in [1.29, 1.82) is 0 Å². The second-order valence-corrected chi connectivity index (χ2v) is 5.27. The zero-order valence-electron chi connectivity index (χ0n) is 10.8. The Kier molecular flexibility index (Phi) is 5.22. The van der Waals surface area contributed by atoms with Crippen LogP contribution in [0.1, 0.15) is 19.7 Å². The highest BCUT2D eigenvalue weighted by molar-refractivity contribution is 8.00. The fraction of sp³-hybridized carbons (Fsp3) is 0.667. The predicted molar refractivity (Wildman–Crippen MR) is 72.0 cm³/mol. The number of ether oxygens (including phenoxy) is 2. The smallest absolute Gasteiger partial charge is 0.157 e. The van der Waals surface area contributed by atoms with Crippen molar-refractivity contribution in [3.05, 3.63) is 11.9 Å². The van der Waals surface area contributed by atoms with Crippen LogP contribution < -0.4 is 5.32 Å². The molecule has 1 N–H and O–H groups in total. The van der Waals surface area contributed by atoms with Crippen LogP contribution in [0, 0.1) is 0 Å². The third-order valence-corrected chi connectivity index (χ3v) is 3.49. The molecule has 1 saturated heterocycles. The van der Waals surface area contributed by atoms with Gasteiger partial charge in [0.1, 0.15) is 17.5 Å². The highest BCUT2D eigenvalue weighted by Gasteiger charge is 2.20. The normalized spacial score (nSPS) is 15.4. The van der Waals surface area contributed by atoms with E-state index in [4.69, 9.17) is 9.47 Å². The van der Waals surface area contributed by atoms with Gasteiger partial charge in [0.25, 0.3) is 0 Å². The molecule has 6 heteroatoms. The van der Waals surface area contributed by atoms with E-state index in [1.807, 2.05) is 13.0 Å². The second-order valence-electron chi connectivity index (χ2n) is 3.95. The van der Waals surface area contributed by atoms with Gasteiger partial charge in [-0.3, -0.25) is 0 Å². The van der Waals surface area contributed by atoms with Crippen molar-refractivity contribution < 1.29 is 9.47 Å². The van der Waals surface area contributed by atoms with E-state index in [1.165, 1.54) is 0 Å². The van der Waals surface area contributed by atoms with Gasteiger partial charge in [0, 0.05) is 19.2 Å². The summed E-state index contributed by atoms with van der Waals surface area (Å²) in [5, 5.41) is 4.74. The van der Waals surface area contributed by atoms with Crippen molar-refractivity contribution >= 4 is 17.6 Å². The van der Waals surface area contributed by atoms with Gasteiger partial charge in [0.05, 0.1) is 18.5 Å². The van der Waals surface area contributed by atoms with E-state index < -0.39 is 0 Å². The van der Waals surface area contributed by atoms with Crippen molar-refractivity contribution in [2.24, 2.45) is 0 Å². The summed E-state index contributed by atoms with van der Waals surface area (Å²) in [6.07, 6.45) is 0. The molecule has 2 rings (SSSR count). The van der Waals surface area contributed by atoms with Gasteiger partial charge >= 0.3 is 0 Å².